The van der Waals surface area contributed by atoms with E-state index in [1.807, 2.05) is 0 Å². The van der Waals surface area contributed by atoms with E-state index in [-0.39, 0.29) is 11.5 Å². The number of hydrogen-bond acceptors (Lipinski definition) is 3. The molecule has 1 aromatic heterocycles. The Hall–Kier alpha value is -1.85. The maximum Gasteiger partial charge on any atom is 0.339 e. The molecule has 2 N–H and O–H groups in total. The summed E-state index contributed by atoms with van der Waals surface area (Å²) in [5.74, 6) is -0.792. The minimum absolute atomic E-state index is 0.243. The van der Waals surface area contributed by atoms with E-state index in [4.69, 9.17) is 11.6 Å². The minimum Gasteiger partial charge on any atom is -0.478 e. The molecule has 1 aliphatic rings. The second-order valence-electron chi connectivity index (χ2n) is 5.83. The lowest BCUT2D eigenvalue weighted by Gasteiger charge is -2.17. The van der Waals surface area contributed by atoms with E-state index in [0.29, 0.717) is 21.5 Å². The number of halogens is 1. The van der Waals surface area contributed by atoms with Crippen molar-refractivity contribution in [3.63, 3.8) is 0 Å². The number of thiophene rings is 1. The Balaban J connectivity index is 1.94. The first-order valence-electron chi connectivity index (χ1n) is 7.40. The van der Waals surface area contributed by atoms with Gasteiger partial charge in [0, 0.05) is 15.5 Å². The van der Waals surface area contributed by atoms with Crippen LogP contribution in [0.1, 0.15) is 44.5 Å². The number of aromatic carboxylic acids is 1. The van der Waals surface area contributed by atoms with Gasteiger partial charge in [0.25, 0.3) is 5.91 Å². The average Bonchev–Trinajstić information content (AvgIpc) is 2.84. The zero-order valence-corrected chi connectivity index (χ0v) is 14.1. The van der Waals surface area contributed by atoms with Crippen molar-refractivity contribution >= 4 is 39.8 Å². The third-order valence-corrected chi connectivity index (χ3v) is 5.44. The molecule has 1 heterocycles. The highest BCUT2D eigenvalue weighted by atomic mass is 35.5. The highest BCUT2D eigenvalue weighted by molar-refractivity contribution is 7.17. The molecule has 1 atom stereocenters. The number of amides is 1. The van der Waals surface area contributed by atoms with Gasteiger partial charge in [-0.05, 0) is 48.9 Å². The summed E-state index contributed by atoms with van der Waals surface area (Å²) in [5.41, 5.74) is 1.53. The Morgan fingerprint density at radius 1 is 1.39 bits per heavy atom. The zero-order chi connectivity index (χ0) is 16.6. The van der Waals surface area contributed by atoms with Crippen molar-refractivity contribution in [3.05, 3.63) is 50.9 Å². The monoisotopic (exact) mass is 349 g/mol. The van der Waals surface area contributed by atoms with Crippen molar-refractivity contribution in [1.82, 2.24) is 0 Å². The van der Waals surface area contributed by atoms with Crippen molar-refractivity contribution in [1.29, 1.82) is 0 Å². The molecular formula is C17H16ClNO3S. The van der Waals surface area contributed by atoms with Crippen LogP contribution in [0.15, 0.2) is 24.3 Å². The van der Waals surface area contributed by atoms with Crippen LogP contribution in [-0.4, -0.2) is 17.0 Å². The fraction of sp³-hybridized carbons (Fsp3) is 0.294. The molecule has 0 saturated carbocycles. The molecule has 1 unspecified atom stereocenters. The van der Waals surface area contributed by atoms with E-state index >= 15 is 0 Å². The maximum absolute atomic E-state index is 12.4. The first kappa shape index (κ1) is 16.0. The highest BCUT2D eigenvalue weighted by Crippen LogP contribution is 2.39. The number of benzene rings is 1. The fourth-order valence-corrected chi connectivity index (χ4v) is 4.46. The SMILES string of the molecule is CC1CCc2c(sc(NC(=O)c3cccc(Cl)c3)c2C(=O)O)C1. The quantitative estimate of drug-likeness (QED) is 0.858. The summed E-state index contributed by atoms with van der Waals surface area (Å²) in [4.78, 5) is 25.1. The molecule has 2 aromatic rings. The van der Waals surface area contributed by atoms with Crippen molar-refractivity contribution in [3.8, 4) is 0 Å². The number of carboxylic acid groups (broad SMARTS) is 1. The van der Waals surface area contributed by atoms with Gasteiger partial charge in [0.15, 0.2) is 0 Å². The molecule has 0 aliphatic heterocycles. The molecule has 120 valence electrons. The highest BCUT2D eigenvalue weighted by Gasteiger charge is 2.28. The third-order valence-electron chi connectivity index (χ3n) is 4.04. The van der Waals surface area contributed by atoms with E-state index in [2.05, 4.69) is 12.2 Å². The van der Waals surface area contributed by atoms with Crippen LogP contribution in [0.4, 0.5) is 5.00 Å². The lowest BCUT2D eigenvalue weighted by atomic mass is 9.88. The number of nitrogens with one attached hydrogen (secondary N) is 1. The van der Waals surface area contributed by atoms with Gasteiger partial charge < -0.3 is 10.4 Å². The lowest BCUT2D eigenvalue weighted by molar-refractivity contribution is 0.0697. The topological polar surface area (TPSA) is 66.4 Å². The standard InChI is InChI=1S/C17H16ClNO3S/c1-9-5-6-12-13(7-9)23-16(14(12)17(21)22)19-15(20)10-3-2-4-11(18)8-10/h2-4,8-9H,5-7H2,1H3,(H,19,20)(H,21,22). The van der Waals surface area contributed by atoms with Crippen molar-refractivity contribution in [2.24, 2.45) is 5.92 Å². The van der Waals surface area contributed by atoms with Gasteiger partial charge in [0.1, 0.15) is 5.00 Å². The molecule has 0 spiro atoms. The summed E-state index contributed by atoms with van der Waals surface area (Å²) in [6, 6.07) is 6.59. The van der Waals surface area contributed by atoms with E-state index in [9.17, 15) is 14.7 Å². The molecule has 0 bridgehead atoms. The maximum atomic E-state index is 12.4. The van der Waals surface area contributed by atoms with Crippen LogP contribution in [0.2, 0.25) is 5.02 Å². The predicted octanol–water partition coefficient (Wildman–Crippen LogP) is 4.48. The number of carbonyl (C=O) groups excluding carboxylic acids is 1. The van der Waals surface area contributed by atoms with Gasteiger partial charge in [0.2, 0.25) is 0 Å². The smallest absolute Gasteiger partial charge is 0.339 e. The Labute approximate surface area is 143 Å². The van der Waals surface area contributed by atoms with Gasteiger partial charge in [-0.25, -0.2) is 4.79 Å². The molecule has 3 rings (SSSR count). The van der Waals surface area contributed by atoms with Crippen LogP contribution in [-0.2, 0) is 12.8 Å². The number of hydrogen-bond donors (Lipinski definition) is 2. The second kappa shape index (κ2) is 6.34. The zero-order valence-electron chi connectivity index (χ0n) is 12.6. The third kappa shape index (κ3) is 3.26. The average molecular weight is 350 g/mol. The summed E-state index contributed by atoms with van der Waals surface area (Å²) in [5, 5.41) is 13.2. The van der Waals surface area contributed by atoms with Crippen LogP contribution in [0, 0.1) is 5.92 Å². The largest absolute Gasteiger partial charge is 0.478 e. The Morgan fingerprint density at radius 2 is 2.17 bits per heavy atom. The minimum atomic E-state index is -0.988. The van der Waals surface area contributed by atoms with Crippen LogP contribution in [0.3, 0.4) is 0 Å². The second-order valence-corrected chi connectivity index (χ2v) is 7.37. The van der Waals surface area contributed by atoms with E-state index < -0.39 is 5.97 Å². The first-order chi connectivity index (χ1) is 11.0. The fourth-order valence-electron chi connectivity index (χ4n) is 2.87. The summed E-state index contributed by atoms with van der Waals surface area (Å²) in [6.45, 7) is 2.16. The molecule has 1 aliphatic carbocycles. The molecule has 0 radical (unpaired) electrons. The molecule has 4 nitrogen and oxygen atoms in total. The normalized spacial score (nSPS) is 16.7. The molecule has 0 fully saturated rings. The van der Waals surface area contributed by atoms with Gasteiger partial charge >= 0.3 is 5.97 Å². The van der Waals surface area contributed by atoms with Crippen LogP contribution < -0.4 is 5.32 Å². The first-order valence-corrected chi connectivity index (χ1v) is 8.60. The van der Waals surface area contributed by atoms with Crippen molar-refractivity contribution in [2.45, 2.75) is 26.2 Å². The Kier molecular flexibility index (Phi) is 4.41. The van der Waals surface area contributed by atoms with Crippen molar-refractivity contribution < 1.29 is 14.7 Å². The van der Waals surface area contributed by atoms with Gasteiger partial charge in [-0.15, -0.1) is 11.3 Å². The Morgan fingerprint density at radius 3 is 2.87 bits per heavy atom. The van der Waals surface area contributed by atoms with E-state index in [1.54, 1.807) is 24.3 Å². The van der Waals surface area contributed by atoms with Crippen LogP contribution >= 0.6 is 22.9 Å². The number of rotatable bonds is 3. The predicted molar refractivity (Wildman–Crippen MR) is 91.9 cm³/mol. The van der Waals surface area contributed by atoms with Gasteiger partial charge in [0.05, 0.1) is 5.56 Å². The molecule has 6 heteroatoms. The number of fused-ring (bicyclic) bond motifs is 1. The molecule has 1 amide bonds. The summed E-state index contributed by atoms with van der Waals surface area (Å²) >= 11 is 7.28. The van der Waals surface area contributed by atoms with E-state index in [0.717, 1.165) is 29.7 Å². The number of carbonyl (C=O) groups is 2. The lowest BCUT2D eigenvalue weighted by Crippen LogP contribution is -2.15. The van der Waals surface area contributed by atoms with Crippen LogP contribution in [0.5, 0.6) is 0 Å². The number of anilines is 1. The summed E-state index contributed by atoms with van der Waals surface area (Å²) in [6.07, 6.45) is 2.60. The molecule has 1 aromatic carbocycles. The van der Waals surface area contributed by atoms with E-state index in [1.165, 1.54) is 11.3 Å². The summed E-state index contributed by atoms with van der Waals surface area (Å²) < 4.78 is 0. The number of carboxylic acids is 1. The van der Waals surface area contributed by atoms with Crippen molar-refractivity contribution in [2.75, 3.05) is 5.32 Å². The molecule has 23 heavy (non-hydrogen) atoms. The van der Waals surface area contributed by atoms with Gasteiger partial charge in [-0.2, -0.15) is 0 Å². The van der Waals surface area contributed by atoms with Gasteiger partial charge in [-0.3, -0.25) is 4.79 Å². The molecular weight excluding hydrogens is 334 g/mol. The van der Waals surface area contributed by atoms with Crippen LogP contribution in [0.25, 0.3) is 0 Å². The molecule has 0 saturated heterocycles. The van der Waals surface area contributed by atoms with Gasteiger partial charge in [-0.1, -0.05) is 24.6 Å². The Bertz CT molecular complexity index is 784. The summed E-state index contributed by atoms with van der Waals surface area (Å²) in [7, 11) is 0.